The van der Waals surface area contributed by atoms with Crippen LogP contribution in [0.2, 0.25) is 0 Å². The number of hydrogen-bond acceptors (Lipinski definition) is 3. The summed E-state index contributed by atoms with van der Waals surface area (Å²) in [5.41, 5.74) is 2.74. The first kappa shape index (κ1) is 14.7. The van der Waals surface area contributed by atoms with E-state index in [4.69, 9.17) is 4.98 Å². The SMILES string of the molecule is CCCCNCc1sc(Cc2ccccc2)nc1C1CC1. The van der Waals surface area contributed by atoms with E-state index in [1.54, 1.807) is 0 Å². The zero-order valence-corrected chi connectivity index (χ0v) is 13.6. The molecule has 0 saturated heterocycles. The van der Waals surface area contributed by atoms with Crippen molar-refractivity contribution >= 4 is 11.3 Å². The fraction of sp³-hybridized carbons (Fsp3) is 0.500. The molecule has 1 saturated carbocycles. The Hall–Kier alpha value is -1.19. The van der Waals surface area contributed by atoms with Gasteiger partial charge in [-0.15, -0.1) is 11.3 Å². The van der Waals surface area contributed by atoms with Gasteiger partial charge in [0.1, 0.15) is 0 Å². The predicted molar refractivity (Wildman–Crippen MR) is 90.0 cm³/mol. The van der Waals surface area contributed by atoms with Crippen LogP contribution in [0.5, 0.6) is 0 Å². The summed E-state index contributed by atoms with van der Waals surface area (Å²) in [6.45, 7) is 4.35. The number of nitrogens with zero attached hydrogens (tertiary/aromatic N) is 1. The molecule has 1 aliphatic rings. The fourth-order valence-corrected chi connectivity index (χ4v) is 3.72. The molecule has 0 radical (unpaired) electrons. The number of rotatable bonds is 8. The lowest BCUT2D eigenvalue weighted by Crippen LogP contribution is -2.14. The topological polar surface area (TPSA) is 24.9 Å². The second-order valence-corrected chi connectivity index (χ2v) is 7.05. The highest BCUT2D eigenvalue weighted by atomic mass is 32.1. The third-order valence-electron chi connectivity index (χ3n) is 3.93. The maximum Gasteiger partial charge on any atom is 0.0975 e. The minimum atomic E-state index is 0.744. The van der Waals surface area contributed by atoms with Crippen molar-refractivity contribution in [1.82, 2.24) is 10.3 Å². The molecule has 1 fully saturated rings. The zero-order valence-electron chi connectivity index (χ0n) is 12.8. The molecule has 112 valence electrons. The Morgan fingerprint density at radius 2 is 2.05 bits per heavy atom. The Morgan fingerprint density at radius 1 is 1.24 bits per heavy atom. The van der Waals surface area contributed by atoms with Gasteiger partial charge in [-0.3, -0.25) is 0 Å². The van der Waals surface area contributed by atoms with Crippen molar-refractivity contribution in [2.75, 3.05) is 6.54 Å². The maximum absolute atomic E-state index is 4.94. The maximum atomic E-state index is 4.94. The average molecular weight is 300 g/mol. The quantitative estimate of drug-likeness (QED) is 0.726. The Kier molecular flexibility index (Phi) is 5.04. The normalized spacial score (nSPS) is 14.5. The molecule has 1 aliphatic carbocycles. The van der Waals surface area contributed by atoms with Crippen LogP contribution in [0.15, 0.2) is 30.3 Å². The first-order valence-corrected chi connectivity index (χ1v) is 8.91. The summed E-state index contributed by atoms with van der Waals surface area (Å²) in [4.78, 5) is 6.42. The zero-order chi connectivity index (χ0) is 14.5. The van der Waals surface area contributed by atoms with Crippen molar-refractivity contribution in [1.29, 1.82) is 0 Å². The van der Waals surface area contributed by atoms with Crippen LogP contribution in [0.1, 0.15) is 59.7 Å². The fourth-order valence-electron chi connectivity index (χ4n) is 2.57. The summed E-state index contributed by atoms with van der Waals surface area (Å²) >= 11 is 1.91. The molecule has 3 heteroatoms. The molecule has 0 spiro atoms. The van der Waals surface area contributed by atoms with Gasteiger partial charge in [0.25, 0.3) is 0 Å². The van der Waals surface area contributed by atoms with Gasteiger partial charge in [-0.05, 0) is 31.4 Å². The molecule has 1 aromatic heterocycles. The molecule has 2 nitrogen and oxygen atoms in total. The van der Waals surface area contributed by atoms with Crippen LogP contribution in [0.4, 0.5) is 0 Å². The van der Waals surface area contributed by atoms with Crippen molar-refractivity contribution in [3.05, 3.63) is 51.5 Å². The van der Waals surface area contributed by atoms with Gasteiger partial charge < -0.3 is 5.32 Å². The van der Waals surface area contributed by atoms with E-state index in [2.05, 4.69) is 42.6 Å². The average Bonchev–Trinajstić information content (AvgIpc) is 3.27. The van der Waals surface area contributed by atoms with Crippen LogP contribution in [0, 0.1) is 0 Å². The molecule has 1 N–H and O–H groups in total. The van der Waals surface area contributed by atoms with Gasteiger partial charge in [-0.1, -0.05) is 43.7 Å². The predicted octanol–water partition coefficient (Wildman–Crippen LogP) is 4.50. The highest BCUT2D eigenvalue weighted by molar-refractivity contribution is 7.11. The van der Waals surface area contributed by atoms with Crippen LogP contribution in [0.3, 0.4) is 0 Å². The van der Waals surface area contributed by atoms with E-state index in [-0.39, 0.29) is 0 Å². The van der Waals surface area contributed by atoms with Crippen molar-refractivity contribution in [3.8, 4) is 0 Å². The minimum Gasteiger partial charge on any atom is -0.312 e. The summed E-state index contributed by atoms with van der Waals surface area (Å²) < 4.78 is 0. The molecule has 0 bridgehead atoms. The number of aromatic nitrogens is 1. The van der Waals surface area contributed by atoms with Gasteiger partial charge in [0.05, 0.1) is 10.7 Å². The van der Waals surface area contributed by atoms with Crippen LogP contribution >= 0.6 is 11.3 Å². The van der Waals surface area contributed by atoms with Gasteiger partial charge >= 0.3 is 0 Å². The van der Waals surface area contributed by atoms with E-state index in [0.29, 0.717) is 0 Å². The molecule has 3 rings (SSSR count). The van der Waals surface area contributed by atoms with E-state index in [9.17, 15) is 0 Å². The second kappa shape index (κ2) is 7.19. The monoisotopic (exact) mass is 300 g/mol. The largest absolute Gasteiger partial charge is 0.312 e. The molecular weight excluding hydrogens is 276 g/mol. The Labute approximate surface area is 131 Å². The number of hydrogen-bond donors (Lipinski definition) is 1. The van der Waals surface area contributed by atoms with Crippen LogP contribution in [0.25, 0.3) is 0 Å². The molecule has 1 heterocycles. The lowest BCUT2D eigenvalue weighted by Gasteiger charge is -2.03. The number of thiazole rings is 1. The van der Waals surface area contributed by atoms with E-state index in [1.165, 1.54) is 46.8 Å². The highest BCUT2D eigenvalue weighted by Gasteiger charge is 2.29. The Bertz CT molecular complexity index is 558. The van der Waals surface area contributed by atoms with Crippen LogP contribution in [-0.2, 0) is 13.0 Å². The lowest BCUT2D eigenvalue weighted by atomic mass is 10.2. The summed E-state index contributed by atoms with van der Waals surface area (Å²) in [7, 11) is 0. The van der Waals surface area contributed by atoms with Gasteiger partial charge in [0.2, 0.25) is 0 Å². The van der Waals surface area contributed by atoms with Crippen molar-refractivity contribution in [3.63, 3.8) is 0 Å². The molecule has 0 amide bonds. The third-order valence-corrected chi connectivity index (χ3v) is 5.00. The summed E-state index contributed by atoms with van der Waals surface area (Å²) in [6.07, 6.45) is 6.14. The van der Waals surface area contributed by atoms with E-state index in [0.717, 1.165) is 25.4 Å². The van der Waals surface area contributed by atoms with Crippen molar-refractivity contribution < 1.29 is 0 Å². The molecule has 0 aliphatic heterocycles. The molecule has 2 aromatic rings. The van der Waals surface area contributed by atoms with E-state index in [1.807, 2.05) is 11.3 Å². The van der Waals surface area contributed by atoms with Gasteiger partial charge in [-0.2, -0.15) is 0 Å². The smallest absolute Gasteiger partial charge is 0.0975 e. The third kappa shape index (κ3) is 4.14. The first-order chi connectivity index (χ1) is 10.4. The Morgan fingerprint density at radius 3 is 2.76 bits per heavy atom. The highest BCUT2D eigenvalue weighted by Crippen LogP contribution is 2.42. The summed E-state index contributed by atoms with van der Waals surface area (Å²) in [6, 6.07) is 10.7. The molecular formula is C18H24N2S. The van der Waals surface area contributed by atoms with Crippen molar-refractivity contribution in [2.45, 2.75) is 51.5 Å². The van der Waals surface area contributed by atoms with Gasteiger partial charge in [0.15, 0.2) is 0 Å². The first-order valence-electron chi connectivity index (χ1n) is 8.10. The minimum absolute atomic E-state index is 0.744. The summed E-state index contributed by atoms with van der Waals surface area (Å²) in [5.74, 6) is 0.744. The van der Waals surface area contributed by atoms with E-state index < -0.39 is 0 Å². The van der Waals surface area contributed by atoms with Crippen LogP contribution in [-0.4, -0.2) is 11.5 Å². The number of benzene rings is 1. The summed E-state index contributed by atoms with van der Waals surface area (Å²) in [5, 5.41) is 4.85. The molecule has 1 aromatic carbocycles. The van der Waals surface area contributed by atoms with Crippen LogP contribution < -0.4 is 5.32 Å². The molecule has 0 unspecified atom stereocenters. The van der Waals surface area contributed by atoms with Crippen molar-refractivity contribution in [2.24, 2.45) is 0 Å². The van der Waals surface area contributed by atoms with Gasteiger partial charge in [0, 0.05) is 23.8 Å². The lowest BCUT2D eigenvalue weighted by molar-refractivity contribution is 0.642. The Balaban J connectivity index is 1.67. The van der Waals surface area contributed by atoms with Gasteiger partial charge in [-0.25, -0.2) is 4.98 Å². The molecule has 21 heavy (non-hydrogen) atoms. The number of unbranched alkanes of at least 4 members (excludes halogenated alkanes) is 1. The standard InChI is InChI=1S/C18H24N2S/c1-2-3-11-19-13-16-18(15-9-10-15)20-17(21-16)12-14-7-5-4-6-8-14/h4-8,15,19H,2-3,9-13H2,1H3. The van der Waals surface area contributed by atoms with E-state index >= 15 is 0 Å². The second-order valence-electron chi connectivity index (χ2n) is 5.88. The molecule has 0 atom stereocenters. The number of nitrogens with one attached hydrogen (secondary N) is 1.